The molecule has 0 saturated carbocycles. The van der Waals surface area contributed by atoms with Gasteiger partial charge in [0.15, 0.2) is 11.5 Å². The molecular formula is C25H18F4N4O2. The van der Waals surface area contributed by atoms with Crippen LogP contribution in [0.5, 0.6) is 0 Å². The van der Waals surface area contributed by atoms with Gasteiger partial charge in [-0.2, -0.15) is 13.2 Å². The predicted molar refractivity (Wildman–Crippen MR) is 120 cm³/mol. The highest BCUT2D eigenvalue weighted by molar-refractivity contribution is 5.89. The van der Waals surface area contributed by atoms with E-state index in [-0.39, 0.29) is 17.9 Å². The largest absolute Gasteiger partial charge is 0.407 e. The van der Waals surface area contributed by atoms with Crippen LogP contribution in [0.1, 0.15) is 18.1 Å². The normalized spacial score (nSPS) is 13.4. The molecule has 0 unspecified atom stereocenters. The van der Waals surface area contributed by atoms with Crippen LogP contribution in [0.3, 0.4) is 0 Å². The van der Waals surface area contributed by atoms with Crippen molar-refractivity contribution in [2.45, 2.75) is 31.7 Å². The molecule has 4 aromatic rings. The molecule has 0 aliphatic heterocycles. The second kappa shape index (κ2) is 8.92. The third-order valence-electron chi connectivity index (χ3n) is 5.60. The highest BCUT2D eigenvalue weighted by atomic mass is 19.4. The monoisotopic (exact) mass is 482 g/mol. The Morgan fingerprint density at radius 1 is 1.06 bits per heavy atom. The number of rotatable bonds is 6. The van der Waals surface area contributed by atoms with E-state index in [0.717, 1.165) is 23.3 Å². The fourth-order valence-electron chi connectivity index (χ4n) is 3.68. The average molecular weight is 482 g/mol. The summed E-state index contributed by atoms with van der Waals surface area (Å²) in [4.78, 5) is 15.7. The van der Waals surface area contributed by atoms with Gasteiger partial charge in [-0.1, -0.05) is 41.6 Å². The number of hydrogen-bond acceptors (Lipinski definition) is 4. The van der Waals surface area contributed by atoms with Gasteiger partial charge in [0, 0.05) is 6.42 Å². The highest BCUT2D eigenvalue weighted by Crippen LogP contribution is 2.37. The van der Waals surface area contributed by atoms with Crippen LogP contribution in [0.4, 0.5) is 23.2 Å². The van der Waals surface area contributed by atoms with Gasteiger partial charge in [-0.05, 0) is 47.9 Å². The Morgan fingerprint density at radius 3 is 2.40 bits per heavy atom. The van der Waals surface area contributed by atoms with E-state index in [1.807, 2.05) is 0 Å². The minimum atomic E-state index is -4.74. The number of halogens is 4. The molecule has 0 spiro atoms. The van der Waals surface area contributed by atoms with E-state index in [9.17, 15) is 27.5 Å². The minimum absolute atomic E-state index is 0.0300. The molecule has 1 heterocycles. The number of aliphatic hydroxyl groups is 1. The summed E-state index contributed by atoms with van der Waals surface area (Å²) in [6.45, 7) is 7.89. The lowest BCUT2D eigenvalue weighted by Crippen LogP contribution is -2.41. The Balaban J connectivity index is 1.55. The summed E-state index contributed by atoms with van der Waals surface area (Å²) >= 11 is 0. The Labute approximate surface area is 197 Å². The van der Waals surface area contributed by atoms with Gasteiger partial charge < -0.3 is 5.11 Å². The van der Waals surface area contributed by atoms with Gasteiger partial charge in [-0.25, -0.2) is 13.9 Å². The van der Waals surface area contributed by atoms with Crippen molar-refractivity contribution in [1.29, 1.82) is 0 Å². The zero-order chi connectivity index (χ0) is 25.4. The van der Waals surface area contributed by atoms with E-state index < -0.39 is 35.2 Å². The number of carbonyl (C=O) groups excluding carboxylic acids is 1. The standard InChI is InChI=1S/C25H18F4N4O2/c1-24(35,23(34)12-15-3-9-20(30-2)19(11-15)25(27,28)29)14-33-22-10-6-17(13-21(22)31-32-33)16-4-7-18(26)8-5-16/h3-11,13,35H,12,14H2,1H3/t24-/m0/s1. The number of aromatic nitrogens is 3. The molecule has 0 aliphatic rings. The van der Waals surface area contributed by atoms with Crippen LogP contribution in [0.25, 0.3) is 27.0 Å². The third kappa shape index (κ3) is 5.05. The van der Waals surface area contributed by atoms with Gasteiger partial charge in [0.25, 0.3) is 0 Å². The van der Waals surface area contributed by atoms with Gasteiger partial charge in [0.2, 0.25) is 0 Å². The number of alkyl halides is 3. The quantitative estimate of drug-likeness (QED) is 0.296. The predicted octanol–water partition coefficient (Wildman–Crippen LogP) is 5.37. The van der Waals surface area contributed by atoms with Crippen molar-refractivity contribution in [1.82, 2.24) is 15.0 Å². The molecule has 35 heavy (non-hydrogen) atoms. The number of ketones is 1. The zero-order valence-corrected chi connectivity index (χ0v) is 18.3. The Kier molecular flexibility index (Phi) is 6.13. The third-order valence-corrected chi connectivity index (χ3v) is 5.60. The molecule has 0 fully saturated rings. The van der Waals surface area contributed by atoms with Crippen LogP contribution in [0.2, 0.25) is 0 Å². The number of Topliss-reactive ketones (excluding diaryl/α,β-unsaturated/α-hetero) is 1. The van der Waals surface area contributed by atoms with Crippen molar-refractivity contribution in [3.63, 3.8) is 0 Å². The van der Waals surface area contributed by atoms with Gasteiger partial charge >= 0.3 is 6.18 Å². The first-order chi connectivity index (χ1) is 16.5. The second-order valence-electron chi connectivity index (χ2n) is 8.29. The molecule has 0 bridgehead atoms. The zero-order valence-electron chi connectivity index (χ0n) is 18.3. The molecule has 4 rings (SSSR count). The van der Waals surface area contributed by atoms with Gasteiger partial charge in [-0.15, -0.1) is 5.10 Å². The van der Waals surface area contributed by atoms with E-state index in [0.29, 0.717) is 11.0 Å². The van der Waals surface area contributed by atoms with Crippen LogP contribution >= 0.6 is 0 Å². The first-order valence-electron chi connectivity index (χ1n) is 10.4. The van der Waals surface area contributed by atoms with Crippen molar-refractivity contribution in [2.75, 3.05) is 0 Å². The first-order valence-corrected chi connectivity index (χ1v) is 10.4. The molecule has 1 N–H and O–H groups in total. The topological polar surface area (TPSA) is 72.4 Å². The molecule has 0 radical (unpaired) electrons. The molecule has 10 heteroatoms. The number of fused-ring (bicyclic) bond motifs is 1. The lowest BCUT2D eigenvalue weighted by molar-refractivity contribution is -0.138. The summed E-state index contributed by atoms with van der Waals surface area (Å²) in [5, 5.41) is 18.9. The van der Waals surface area contributed by atoms with Crippen LogP contribution in [0.15, 0.2) is 60.7 Å². The SMILES string of the molecule is [C-]#[N+]c1ccc(CC(=O)[C@@](C)(O)Cn2nnc3cc(-c4ccc(F)cc4)ccc32)cc1C(F)(F)F. The lowest BCUT2D eigenvalue weighted by Gasteiger charge is -2.22. The summed E-state index contributed by atoms with van der Waals surface area (Å²) in [7, 11) is 0. The summed E-state index contributed by atoms with van der Waals surface area (Å²) in [5.74, 6) is -1.07. The Bertz CT molecular complexity index is 1450. The summed E-state index contributed by atoms with van der Waals surface area (Å²) in [6, 6.07) is 14.2. The van der Waals surface area contributed by atoms with Crippen molar-refractivity contribution in [3.8, 4) is 11.1 Å². The first kappa shape index (κ1) is 24.0. The van der Waals surface area contributed by atoms with Gasteiger partial charge in [-0.3, -0.25) is 4.79 Å². The van der Waals surface area contributed by atoms with E-state index in [2.05, 4.69) is 15.2 Å². The van der Waals surface area contributed by atoms with Crippen molar-refractivity contribution in [3.05, 3.63) is 89.0 Å². The Morgan fingerprint density at radius 2 is 1.74 bits per heavy atom. The molecule has 178 valence electrons. The maximum Gasteiger partial charge on any atom is 0.407 e. The average Bonchev–Trinajstić information content (AvgIpc) is 3.20. The molecule has 0 aliphatic carbocycles. The fourth-order valence-corrected chi connectivity index (χ4v) is 3.68. The molecular weight excluding hydrogens is 464 g/mol. The molecule has 1 aromatic heterocycles. The highest BCUT2D eigenvalue weighted by Gasteiger charge is 2.35. The Hall–Kier alpha value is -4.10. The molecule has 6 nitrogen and oxygen atoms in total. The number of hydrogen-bond donors (Lipinski definition) is 1. The summed E-state index contributed by atoms with van der Waals surface area (Å²) in [6.07, 6.45) is -5.20. The summed E-state index contributed by atoms with van der Waals surface area (Å²) in [5.41, 5.74) is -1.05. The van der Waals surface area contributed by atoms with Crippen molar-refractivity contribution >= 4 is 22.5 Å². The van der Waals surface area contributed by atoms with Crippen LogP contribution in [-0.2, 0) is 23.9 Å². The maximum absolute atomic E-state index is 13.2. The molecule has 0 saturated heterocycles. The van der Waals surface area contributed by atoms with E-state index >= 15 is 0 Å². The number of benzene rings is 3. The maximum atomic E-state index is 13.2. The molecule has 0 amide bonds. The van der Waals surface area contributed by atoms with Crippen LogP contribution in [0, 0.1) is 12.4 Å². The van der Waals surface area contributed by atoms with E-state index in [4.69, 9.17) is 6.57 Å². The van der Waals surface area contributed by atoms with E-state index in [1.165, 1.54) is 29.8 Å². The summed E-state index contributed by atoms with van der Waals surface area (Å²) < 4.78 is 54.2. The smallest absolute Gasteiger partial charge is 0.380 e. The minimum Gasteiger partial charge on any atom is -0.380 e. The van der Waals surface area contributed by atoms with Gasteiger partial charge in [0.05, 0.1) is 24.2 Å². The van der Waals surface area contributed by atoms with Crippen LogP contribution < -0.4 is 0 Å². The number of carbonyl (C=O) groups is 1. The second-order valence-corrected chi connectivity index (χ2v) is 8.29. The molecule has 1 atom stereocenters. The van der Waals surface area contributed by atoms with Crippen molar-refractivity contribution in [2.24, 2.45) is 0 Å². The molecule has 3 aromatic carbocycles. The van der Waals surface area contributed by atoms with Crippen LogP contribution in [-0.4, -0.2) is 31.5 Å². The van der Waals surface area contributed by atoms with Crippen molar-refractivity contribution < 1.29 is 27.5 Å². The lowest BCUT2D eigenvalue weighted by atomic mass is 9.94. The van der Waals surface area contributed by atoms with E-state index in [1.54, 1.807) is 30.3 Å². The number of nitrogens with zero attached hydrogens (tertiary/aromatic N) is 4. The van der Waals surface area contributed by atoms with Gasteiger partial charge in [0.1, 0.15) is 16.9 Å². The fraction of sp³-hybridized carbons (Fsp3) is 0.200.